The van der Waals surface area contributed by atoms with Crippen LogP contribution in [-0.2, 0) is 16.0 Å². The Hall–Kier alpha value is -2.79. The summed E-state index contributed by atoms with van der Waals surface area (Å²) in [6.45, 7) is 11.0. The Balaban J connectivity index is 1.38. The van der Waals surface area contributed by atoms with E-state index in [0.29, 0.717) is 19.1 Å². The molecule has 3 aliphatic carbocycles. The van der Waals surface area contributed by atoms with Gasteiger partial charge in [-0.3, -0.25) is 4.79 Å². The van der Waals surface area contributed by atoms with Crippen molar-refractivity contribution < 1.29 is 19.0 Å². The Labute approximate surface area is 235 Å². The van der Waals surface area contributed by atoms with E-state index in [-0.39, 0.29) is 17.8 Å². The molecule has 0 N–H and O–H groups in total. The molecular weight excluding hydrogens is 486 g/mol. The average Bonchev–Trinajstić information content (AvgIpc) is 2.94. The molecule has 2 bridgehead atoms. The number of fused-ring (bicyclic) bond motifs is 2. The highest BCUT2D eigenvalue weighted by Gasteiger charge is 2.50. The van der Waals surface area contributed by atoms with Crippen LogP contribution in [0, 0.1) is 17.8 Å². The Morgan fingerprint density at radius 2 is 1.74 bits per heavy atom. The van der Waals surface area contributed by atoms with Crippen molar-refractivity contribution in [2.24, 2.45) is 17.8 Å². The van der Waals surface area contributed by atoms with Crippen LogP contribution in [0.1, 0.15) is 70.9 Å². The minimum Gasteiger partial charge on any atom is -0.490 e. The molecule has 2 aromatic carbocycles. The fourth-order valence-electron chi connectivity index (χ4n) is 6.20. The summed E-state index contributed by atoms with van der Waals surface area (Å²) in [6.07, 6.45) is 8.54. The summed E-state index contributed by atoms with van der Waals surface area (Å²) in [5, 5.41) is 0. The number of aryl methyl sites for hydroxylation is 1. The second-order valence-corrected chi connectivity index (χ2v) is 11.5. The maximum atomic E-state index is 12.9. The number of carbonyl (C=O) groups is 1. The van der Waals surface area contributed by atoms with Crippen molar-refractivity contribution in [3.05, 3.63) is 65.7 Å². The van der Waals surface area contributed by atoms with Crippen LogP contribution in [0.4, 0.5) is 0 Å². The number of allylic oxidation sites excluding steroid dienone is 1. The van der Waals surface area contributed by atoms with Gasteiger partial charge in [0.2, 0.25) is 0 Å². The summed E-state index contributed by atoms with van der Waals surface area (Å²) in [5.41, 5.74) is 3.62. The lowest BCUT2D eigenvalue weighted by Crippen LogP contribution is -2.51. The standard InChI is InChI=1S/C34H47NO4/c1-6-37-31-18-15-26(22-32(31)38-7-2)12-11-20-35(5)21-19-34(39-33(36)25(3)4)24-28-16-17-29(34)23-30(28)27-13-9-8-10-14-27/h8-10,13-15,18,22-23,25,28-29H,6-7,11-12,16-17,19-21,24H2,1-5H3/t28-,29-,34+/m0/s1. The van der Waals surface area contributed by atoms with Crippen molar-refractivity contribution in [2.75, 3.05) is 33.4 Å². The number of hydrogen-bond acceptors (Lipinski definition) is 5. The van der Waals surface area contributed by atoms with Crippen LogP contribution in [0.15, 0.2) is 54.6 Å². The van der Waals surface area contributed by atoms with Gasteiger partial charge >= 0.3 is 5.97 Å². The maximum Gasteiger partial charge on any atom is 0.308 e. The van der Waals surface area contributed by atoms with Gasteiger partial charge < -0.3 is 19.1 Å². The number of ether oxygens (including phenoxy) is 3. The zero-order valence-corrected chi connectivity index (χ0v) is 24.6. The van der Waals surface area contributed by atoms with E-state index in [9.17, 15) is 4.79 Å². The lowest BCUT2D eigenvalue weighted by molar-refractivity contribution is -0.176. The third-order valence-electron chi connectivity index (χ3n) is 8.33. The molecule has 39 heavy (non-hydrogen) atoms. The van der Waals surface area contributed by atoms with Gasteiger partial charge in [0.05, 0.1) is 19.1 Å². The molecule has 0 spiro atoms. The van der Waals surface area contributed by atoms with E-state index in [1.165, 1.54) is 23.1 Å². The first-order valence-corrected chi connectivity index (χ1v) is 14.9. The first-order chi connectivity index (χ1) is 18.8. The van der Waals surface area contributed by atoms with Crippen molar-refractivity contribution in [1.29, 1.82) is 0 Å². The highest BCUT2D eigenvalue weighted by molar-refractivity contribution is 5.73. The van der Waals surface area contributed by atoms with Gasteiger partial charge in [0.25, 0.3) is 0 Å². The Morgan fingerprint density at radius 1 is 1.00 bits per heavy atom. The molecule has 0 saturated heterocycles. The minimum atomic E-state index is -0.404. The van der Waals surface area contributed by atoms with Gasteiger partial charge in [-0.1, -0.05) is 56.3 Å². The Bertz CT molecular complexity index is 1110. The summed E-state index contributed by atoms with van der Waals surface area (Å²) in [7, 11) is 2.19. The van der Waals surface area contributed by atoms with Gasteiger partial charge in [-0.25, -0.2) is 0 Å². The first-order valence-electron chi connectivity index (χ1n) is 14.9. The van der Waals surface area contributed by atoms with E-state index in [1.807, 2.05) is 33.8 Å². The van der Waals surface area contributed by atoms with Gasteiger partial charge in [0.1, 0.15) is 5.60 Å². The van der Waals surface area contributed by atoms with Gasteiger partial charge in [0, 0.05) is 18.9 Å². The molecular formula is C34H47NO4. The molecule has 0 amide bonds. The zero-order chi connectivity index (χ0) is 27.8. The summed E-state index contributed by atoms with van der Waals surface area (Å²) in [4.78, 5) is 15.3. The van der Waals surface area contributed by atoms with Crippen LogP contribution in [0.2, 0.25) is 0 Å². The molecule has 0 aliphatic heterocycles. The van der Waals surface area contributed by atoms with Crippen molar-refractivity contribution in [3.8, 4) is 11.5 Å². The Kier molecular flexibility index (Phi) is 10.1. The summed E-state index contributed by atoms with van der Waals surface area (Å²) < 4.78 is 17.9. The Morgan fingerprint density at radius 3 is 2.41 bits per heavy atom. The van der Waals surface area contributed by atoms with E-state index in [1.54, 1.807) is 0 Å². The molecule has 0 unspecified atom stereocenters. The fraction of sp³-hybridized carbons (Fsp3) is 0.559. The van der Waals surface area contributed by atoms with Crippen molar-refractivity contribution >= 4 is 11.5 Å². The van der Waals surface area contributed by atoms with Gasteiger partial charge in [-0.2, -0.15) is 0 Å². The predicted molar refractivity (Wildman–Crippen MR) is 158 cm³/mol. The summed E-state index contributed by atoms with van der Waals surface area (Å²) >= 11 is 0. The lowest BCUT2D eigenvalue weighted by atomic mass is 9.60. The third-order valence-corrected chi connectivity index (χ3v) is 8.33. The monoisotopic (exact) mass is 533 g/mol. The van der Waals surface area contributed by atoms with Gasteiger partial charge in [-0.05, 0) is 94.3 Å². The number of carbonyl (C=O) groups excluding carboxylic acids is 1. The van der Waals surface area contributed by atoms with E-state index in [0.717, 1.165) is 56.7 Å². The number of esters is 1. The second-order valence-electron chi connectivity index (χ2n) is 11.5. The molecule has 3 aliphatic rings. The fourth-order valence-corrected chi connectivity index (χ4v) is 6.20. The van der Waals surface area contributed by atoms with Crippen LogP contribution in [0.5, 0.6) is 11.5 Å². The molecule has 5 rings (SSSR count). The van der Waals surface area contributed by atoms with Crippen LogP contribution in [-0.4, -0.2) is 49.8 Å². The number of hydrogen-bond donors (Lipinski definition) is 0. The molecule has 1 saturated carbocycles. The topological polar surface area (TPSA) is 48.0 Å². The smallest absolute Gasteiger partial charge is 0.308 e. The molecule has 0 aromatic heterocycles. The number of benzene rings is 2. The second kappa shape index (κ2) is 13.5. The molecule has 212 valence electrons. The predicted octanol–water partition coefficient (Wildman–Crippen LogP) is 7.19. The minimum absolute atomic E-state index is 0.0690. The zero-order valence-electron chi connectivity index (χ0n) is 24.6. The molecule has 3 atom stereocenters. The molecule has 5 nitrogen and oxygen atoms in total. The molecule has 0 heterocycles. The van der Waals surface area contributed by atoms with Crippen LogP contribution >= 0.6 is 0 Å². The third kappa shape index (κ3) is 7.25. The highest BCUT2D eigenvalue weighted by Crippen LogP contribution is 2.53. The lowest BCUT2D eigenvalue weighted by Gasteiger charge is -2.50. The van der Waals surface area contributed by atoms with Crippen molar-refractivity contribution in [2.45, 2.75) is 71.8 Å². The molecule has 5 heteroatoms. The normalized spacial score (nSPS) is 22.2. The quantitative estimate of drug-likeness (QED) is 0.241. The maximum absolute atomic E-state index is 12.9. The molecule has 0 radical (unpaired) electrons. The van der Waals surface area contributed by atoms with E-state index in [4.69, 9.17) is 14.2 Å². The number of rotatable bonds is 14. The average molecular weight is 534 g/mol. The van der Waals surface area contributed by atoms with E-state index >= 15 is 0 Å². The summed E-state index contributed by atoms with van der Waals surface area (Å²) in [6, 6.07) is 17.0. The van der Waals surface area contributed by atoms with Crippen molar-refractivity contribution in [1.82, 2.24) is 4.90 Å². The number of nitrogens with zero attached hydrogens (tertiary/aromatic N) is 1. The van der Waals surface area contributed by atoms with Crippen LogP contribution < -0.4 is 9.47 Å². The largest absolute Gasteiger partial charge is 0.490 e. The summed E-state index contributed by atoms with van der Waals surface area (Å²) in [5.74, 6) is 2.17. The van der Waals surface area contributed by atoms with Crippen molar-refractivity contribution in [3.63, 3.8) is 0 Å². The van der Waals surface area contributed by atoms with Gasteiger partial charge in [-0.15, -0.1) is 0 Å². The van der Waals surface area contributed by atoms with Crippen LogP contribution in [0.25, 0.3) is 5.57 Å². The SMILES string of the molecule is CCOc1ccc(CCCN(C)CC[C@@]2(OC(=O)C(C)C)C[C@@H]3CC[C@H]2C=C3c2ccccc2)cc1OCC. The first kappa shape index (κ1) is 29.2. The molecule has 2 aromatic rings. The molecule has 1 fully saturated rings. The van der Waals surface area contributed by atoms with E-state index < -0.39 is 5.60 Å². The highest BCUT2D eigenvalue weighted by atomic mass is 16.6. The van der Waals surface area contributed by atoms with E-state index in [2.05, 4.69) is 60.5 Å². The van der Waals surface area contributed by atoms with Gasteiger partial charge in [0.15, 0.2) is 11.5 Å². The van der Waals surface area contributed by atoms with Crippen LogP contribution in [0.3, 0.4) is 0 Å².